The van der Waals surface area contributed by atoms with E-state index in [4.69, 9.17) is 4.74 Å². The molecule has 0 aliphatic rings. The molecule has 1 aromatic heterocycles. The van der Waals surface area contributed by atoms with Gasteiger partial charge in [-0.05, 0) is 24.2 Å². The highest BCUT2D eigenvalue weighted by molar-refractivity contribution is 7.98. The van der Waals surface area contributed by atoms with Crippen LogP contribution in [-0.4, -0.2) is 28.4 Å². The van der Waals surface area contributed by atoms with Gasteiger partial charge < -0.3 is 10.1 Å². The van der Waals surface area contributed by atoms with Crippen molar-refractivity contribution < 1.29 is 4.74 Å². The van der Waals surface area contributed by atoms with Gasteiger partial charge in [0.05, 0.1) is 7.11 Å². The number of nitrogens with one attached hydrogen (secondary N) is 1. The molecular formula is C14H20N4OS. The number of hydrogen-bond acceptors (Lipinski definition) is 5. The van der Waals surface area contributed by atoms with Gasteiger partial charge in [0.2, 0.25) is 0 Å². The van der Waals surface area contributed by atoms with Crippen LogP contribution in [0.3, 0.4) is 0 Å². The number of thioether (sulfide) groups is 1. The molecule has 0 fully saturated rings. The number of benzene rings is 1. The number of hydrogen-bond donors (Lipinski definition) is 1. The maximum atomic E-state index is 5.43. The molecule has 0 aliphatic carbocycles. The molecule has 2 aromatic rings. The van der Waals surface area contributed by atoms with Crippen LogP contribution in [0.5, 0.6) is 5.75 Å². The number of aryl methyl sites for hydroxylation is 1. The van der Waals surface area contributed by atoms with Crippen molar-refractivity contribution in [2.24, 2.45) is 7.05 Å². The summed E-state index contributed by atoms with van der Waals surface area (Å²) in [5, 5.41) is 8.31. The van der Waals surface area contributed by atoms with E-state index in [1.165, 1.54) is 11.1 Å². The molecule has 108 valence electrons. The largest absolute Gasteiger partial charge is 0.496 e. The van der Waals surface area contributed by atoms with Gasteiger partial charge in [-0.1, -0.05) is 24.8 Å². The van der Waals surface area contributed by atoms with Crippen molar-refractivity contribution in [1.82, 2.24) is 20.1 Å². The minimum Gasteiger partial charge on any atom is -0.496 e. The fourth-order valence-corrected chi connectivity index (χ4v) is 2.75. The molecular weight excluding hydrogens is 272 g/mol. The Morgan fingerprint density at radius 1 is 1.40 bits per heavy atom. The van der Waals surface area contributed by atoms with Gasteiger partial charge in [0.25, 0.3) is 0 Å². The molecule has 2 rings (SSSR count). The smallest absolute Gasteiger partial charge is 0.186 e. The van der Waals surface area contributed by atoms with Crippen LogP contribution in [0.1, 0.15) is 18.1 Å². The third kappa shape index (κ3) is 3.74. The first-order valence-corrected chi connectivity index (χ1v) is 7.56. The Kier molecular flexibility index (Phi) is 5.43. The van der Waals surface area contributed by atoms with Gasteiger partial charge in [-0.2, -0.15) is 5.10 Å². The van der Waals surface area contributed by atoms with Gasteiger partial charge in [-0.3, -0.25) is 0 Å². The number of methoxy groups -OCH3 is 1. The summed E-state index contributed by atoms with van der Waals surface area (Å²) in [6.07, 6.45) is 1.57. The van der Waals surface area contributed by atoms with Gasteiger partial charge in [0.1, 0.15) is 12.1 Å². The zero-order chi connectivity index (χ0) is 14.4. The van der Waals surface area contributed by atoms with Crippen molar-refractivity contribution in [3.63, 3.8) is 0 Å². The maximum Gasteiger partial charge on any atom is 0.186 e. The molecule has 1 heterocycles. The second kappa shape index (κ2) is 7.31. The molecule has 0 saturated heterocycles. The van der Waals surface area contributed by atoms with Crippen LogP contribution in [-0.2, 0) is 19.3 Å². The summed E-state index contributed by atoms with van der Waals surface area (Å²) in [5.74, 6) is 1.73. The average molecular weight is 292 g/mol. The first-order chi connectivity index (χ1) is 9.74. The summed E-state index contributed by atoms with van der Waals surface area (Å²) in [5.41, 5.74) is 2.44. The molecule has 1 N–H and O–H groups in total. The highest BCUT2D eigenvalue weighted by Gasteiger charge is 2.08. The number of ether oxygens (including phenoxy) is 1. The van der Waals surface area contributed by atoms with Crippen LogP contribution in [0.25, 0.3) is 0 Å². The Balaban J connectivity index is 2.09. The zero-order valence-corrected chi connectivity index (χ0v) is 12.9. The van der Waals surface area contributed by atoms with E-state index in [0.29, 0.717) is 0 Å². The van der Waals surface area contributed by atoms with Crippen LogP contribution in [0.2, 0.25) is 0 Å². The molecule has 0 unspecified atom stereocenters. The van der Waals surface area contributed by atoms with E-state index < -0.39 is 0 Å². The summed E-state index contributed by atoms with van der Waals surface area (Å²) in [4.78, 5) is 4.22. The molecule has 6 heteroatoms. The van der Waals surface area contributed by atoms with Crippen LogP contribution < -0.4 is 10.1 Å². The lowest BCUT2D eigenvalue weighted by Crippen LogP contribution is -2.11. The molecule has 0 atom stereocenters. The minimum absolute atomic E-state index is 0.815. The summed E-state index contributed by atoms with van der Waals surface area (Å²) < 4.78 is 7.21. The Hall–Kier alpha value is -1.53. The highest BCUT2D eigenvalue weighted by atomic mass is 32.2. The van der Waals surface area contributed by atoms with Crippen molar-refractivity contribution in [2.45, 2.75) is 24.4 Å². The normalized spacial score (nSPS) is 10.8. The molecule has 20 heavy (non-hydrogen) atoms. The standard InChI is InChI=1S/C14H20N4OS/c1-4-15-8-11-5-6-13(19-3)12(7-11)9-20-14-16-10-17-18(14)2/h5-7,10,15H,4,8-9H2,1-3H3. The zero-order valence-electron chi connectivity index (χ0n) is 12.1. The summed E-state index contributed by atoms with van der Waals surface area (Å²) in [6, 6.07) is 6.31. The first kappa shape index (κ1) is 14.9. The van der Waals surface area contributed by atoms with E-state index in [0.717, 1.165) is 29.7 Å². The van der Waals surface area contributed by atoms with E-state index >= 15 is 0 Å². The van der Waals surface area contributed by atoms with Crippen molar-refractivity contribution in [3.05, 3.63) is 35.7 Å². The summed E-state index contributed by atoms with van der Waals surface area (Å²) >= 11 is 1.66. The predicted molar refractivity (Wildman–Crippen MR) is 80.9 cm³/mol. The van der Waals surface area contributed by atoms with E-state index in [1.807, 2.05) is 13.1 Å². The maximum absolute atomic E-state index is 5.43. The van der Waals surface area contributed by atoms with Crippen molar-refractivity contribution in [1.29, 1.82) is 0 Å². The Morgan fingerprint density at radius 2 is 2.25 bits per heavy atom. The molecule has 0 radical (unpaired) electrons. The molecule has 1 aromatic carbocycles. The van der Waals surface area contributed by atoms with E-state index in [1.54, 1.807) is 29.9 Å². The molecule has 0 aliphatic heterocycles. The van der Waals surface area contributed by atoms with Gasteiger partial charge in [0, 0.05) is 24.9 Å². The van der Waals surface area contributed by atoms with E-state index in [9.17, 15) is 0 Å². The molecule has 5 nitrogen and oxygen atoms in total. The Bertz CT molecular complexity index is 556. The van der Waals surface area contributed by atoms with Crippen molar-refractivity contribution in [2.75, 3.05) is 13.7 Å². The van der Waals surface area contributed by atoms with Crippen LogP contribution in [0, 0.1) is 0 Å². The summed E-state index contributed by atoms with van der Waals surface area (Å²) in [6.45, 7) is 3.95. The van der Waals surface area contributed by atoms with Crippen molar-refractivity contribution >= 4 is 11.8 Å². The number of rotatable bonds is 7. The number of aromatic nitrogens is 3. The highest BCUT2D eigenvalue weighted by Crippen LogP contribution is 2.27. The molecule has 0 saturated carbocycles. The van der Waals surface area contributed by atoms with E-state index in [2.05, 4.69) is 34.5 Å². The minimum atomic E-state index is 0.815. The van der Waals surface area contributed by atoms with Crippen LogP contribution in [0.4, 0.5) is 0 Å². The third-order valence-corrected chi connectivity index (χ3v) is 4.03. The summed E-state index contributed by atoms with van der Waals surface area (Å²) in [7, 11) is 3.60. The van der Waals surface area contributed by atoms with Crippen LogP contribution >= 0.6 is 11.8 Å². The van der Waals surface area contributed by atoms with Crippen LogP contribution in [0.15, 0.2) is 29.7 Å². The fraction of sp³-hybridized carbons (Fsp3) is 0.429. The topological polar surface area (TPSA) is 52.0 Å². The van der Waals surface area contributed by atoms with Gasteiger partial charge in [0.15, 0.2) is 5.16 Å². The Morgan fingerprint density at radius 3 is 2.90 bits per heavy atom. The van der Waals surface area contributed by atoms with Gasteiger partial charge in [-0.25, -0.2) is 9.67 Å². The SMILES string of the molecule is CCNCc1ccc(OC)c(CSc2ncnn2C)c1. The van der Waals surface area contributed by atoms with Crippen molar-refractivity contribution in [3.8, 4) is 5.75 Å². The second-order valence-corrected chi connectivity index (χ2v) is 5.32. The first-order valence-electron chi connectivity index (χ1n) is 6.58. The monoisotopic (exact) mass is 292 g/mol. The number of nitrogens with zero attached hydrogens (tertiary/aromatic N) is 3. The third-order valence-electron chi connectivity index (χ3n) is 2.95. The quantitative estimate of drug-likeness (QED) is 0.793. The second-order valence-electron chi connectivity index (χ2n) is 4.38. The molecule has 0 amide bonds. The Labute approximate surface area is 123 Å². The lowest BCUT2D eigenvalue weighted by molar-refractivity contribution is 0.411. The van der Waals surface area contributed by atoms with Gasteiger partial charge in [-0.15, -0.1) is 0 Å². The predicted octanol–water partition coefficient (Wildman–Crippen LogP) is 2.23. The lowest BCUT2D eigenvalue weighted by Gasteiger charge is -2.11. The van der Waals surface area contributed by atoms with E-state index in [-0.39, 0.29) is 0 Å². The fourth-order valence-electron chi connectivity index (χ4n) is 1.88. The molecule has 0 spiro atoms. The average Bonchev–Trinajstić information content (AvgIpc) is 2.88. The molecule has 0 bridgehead atoms. The van der Waals surface area contributed by atoms with Gasteiger partial charge >= 0.3 is 0 Å². The lowest BCUT2D eigenvalue weighted by atomic mass is 10.1.